The Balaban J connectivity index is 2.01. The highest BCUT2D eigenvalue weighted by Crippen LogP contribution is 2.30. The van der Waals surface area contributed by atoms with Gasteiger partial charge in [0.15, 0.2) is 10.3 Å². The van der Waals surface area contributed by atoms with E-state index in [1.165, 1.54) is 0 Å². The molecule has 4 nitrogen and oxygen atoms in total. The van der Waals surface area contributed by atoms with Gasteiger partial charge in [0.25, 0.3) is 0 Å². The Morgan fingerprint density at radius 3 is 2.00 bits per heavy atom. The van der Waals surface area contributed by atoms with E-state index in [0.29, 0.717) is 0 Å². The van der Waals surface area contributed by atoms with Crippen LogP contribution in [0, 0.1) is 0 Å². The summed E-state index contributed by atoms with van der Waals surface area (Å²) < 4.78 is 0. The van der Waals surface area contributed by atoms with Crippen LogP contribution in [-0.2, 0) is 10.8 Å². The quantitative estimate of drug-likeness (QED) is 0.800. The predicted molar refractivity (Wildman–Crippen MR) is 98.6 cm³/mol. The van der Waals surface area contributed by atoms with Crippen molar-refractivity contribution in [3.8, 4) is 0 Å². The molecule has 0 aliphatic carbocycles. The normalized spacial score (nSPS) is 12.5. The number of rotatable bonds is 6. The van der Waals surface area contributed by atoms with Crippen LogP contribution in [0.15, 0.2) is 10.8 Å². The lowest BCUT2D eigenvalue weighted by Crippen LogP contribution is -2.28. The van der Waals surface area contributed by atoms with Crippen LogP contribution in [0.5, 0.6) is 0 Å². The topological polar surface area (TPSA) is 49.8 Å². The highest BCUT2D eigenvalue weighted by Gasteiger charge is 2.25. The van der Waals surface area contributed by atoms with E-state index < -0.39 is 0 Å². The van der Waals surface area contributed by atoms with Gasteiger partial charge < -0.3 is 10.6 Å². The Kier molecular flexibility index (Phi) is 5.12. The Morgan fingerprint density at radius 1 is 0.909 bits per heavy atom. The third-order valence-corrected chi connectivity index (χ3v) is 5.08. The molecule has 122 valence electrons. The average Bonchev–Trinajstić information content (AvgIpc) is 3.05. The van der Waals surface area contributed by atoms with Crippen molar-refractivity contribution in [1.29, 1.82) is 0 Å². The third kappa shape index (κ3) is 4.20. The summed E-state index contributed by atoms with van der Waals surface area (Å²) in [5, 5.41) is 13.0. The summed E-state index contributed by atoms with van der Waals surface area (Å²) in [5.41, 5.74) is 2.33. The number of nitrogens with zero attached hydrogens (tertiary/aromatic N) is 2. The molecule has 2 aromatic rings. The van der Waals surface area contributed by atoms with Crippen molar-refractivity contribution in [2.75, 3.05) is 23.7 Å². The van der Waals surface area contributed by atoms with Crippen LogP contribution in [0.4, 0.5) is 10.3 Å². The molecule has 0 saturated carbocycles. The lowest BCUT2D eigenvalue weighted by molar-refractivity contribution is 0.541. The Morgan fingerprint density at radius 2 is 1.45 bits per heavy atom. The fourth-order valence-corrected chi connectivity index (χ4v) is 3.81. The van der Waals surface area contributed by atoms with Crippen molar-refractivity contribution in [3.05, 3.63) is 22.1 Å². The van der Waals surface area contributed by atoms with Crippen LogP contribution < -0.4 is 10.6 Å². The summed E-state index contributed by atoms with van der Waals surface area (Å²) >= 11 is 3.34. The molecule has 0 aliphatic rings. The summed E-state index contributed by atoms with van der Waals surface area (Å²) in [6.45, 7) is 14.8. The molecule has 0 saturated heterocycles. The second-order valence-corrected chi connectivity index (χ2v) is 8.81. The first kappa shape index (κ1) is 17.2. The van der Waals surface area contributed by atoms with Crippen molar-refractivity contribution in [3.63, 3.8) is 0 Å². The molecule has 0 bridgehead atoms. The molecular formula is C16H26N4S2. The number of aromatic nitrogens is 2. The maximum absolute atomic E-state index is 4.69. The van der Waals surface area contributed by atoms with E-state index in [4.69, 9.17) is 4.98 Å². The smallest absolute Gasteiger partial charge is 0.182 e. The molecule has 0 aromatic carbocycles. The number of thiazole rings is 2. The van der Waals surface area contributed by atoms with Gasteiger partial charge in [-0.15, -0.1) is 22.7 Å². The van der Waals surface area contributed by atoms with Crippen molar-refractivity contribution in [2.24, 2.45) is 0 Å². The first-order valence-corrected chi connectivity index (χ1v) is 9.38. The molecule has 2 rings (SSSR count). The maximum atomic E-state index is 4.69. The van der Waals surface area contributed by atoms with Gasteiger partial charge in [-0.1, -0.05) is 34.6 Å². The molecule has 0 spiro atoms. The van der Waals surface area contributed by atoms with Crippen molar-refractivity contribution >= 4 is 32.9 Å². The highest BCUT2D eigenvalue weighted by molar-refractivity contribution is 7.14. The maximum Gasteiger partial charge on any atom is 0.182 e. The standard InChI is InChI=1S/C16H26N4S2/c1-7-17-13-20-12(9-22-13)16(5,6)10-18-14-19-11(8-21-14)15(2,3)4/h8-9H,7,10H2,1-6H3,(H,17,20)(H,18,19). The van der Waals surface area contributed by atoms with E-state index >= 15 is 0 Å². The van der Waals surface area contributed by atoms with Gasteiger partial charge in [0, 0.05) is 34.7 Å². The minimum Gasteiger partial charge on any atom is -0.362 e. The molecule has 2 aromatic heterocycles. The van der Waals surface area contributed by atoms with Crippen molar-refractivity contribution in [2.45, 2.75) is 52.4 Å². The average molecular weight is 339 g/mol. The molecule has 0 fully saturated rings. The molecule has 0 atom stereocenters. The molecule has 2 N–H and O–H groups in total. The largest absolute Gasteiger partial charge is 0.362 e. The molecule has 0 aliphatic heterocycles. The van der Waals surface area contributed by atoms with Crippen LogP contribution in [-0.4, -0.2) is 23.1 Å². The lowest BCUT2D eigenvalue weighted by Gasteiger charge is -2.22. The zero-order valence-corrected chi connectivity index (χ0v) is 15.9. The van der Waals surface area contributed by atoms with Crippen LogP contribution in [0.3, 0.4) is 0 Å². The monoisotopic (exact) mass is 338 g/mol. The zero-order chi connectivity index (χ0) is 16.4. The summed E-state index contributed by atoms with van der Waals surface area (Å²) in [5.74, 6) is 0. The lowest BCUT2D eigenvalue weighted by atomic mass is 9.90. The van der Waals surface area contributed by atoms with E-state index in [2.05, 4.69) is 67.9 Å². The summed E-state index contributed by atoms with van der Waals surface area (Å²) in [7, 11) is 0. The fraction of sp³-hybridized carbons (Fsp3) is 0.625. The van der Waals surface area contributed by atoms with E-state index in [1.807, 2.05) is 0 Å². The summed E-state index contributed by atoms with van der Waals surface area (Å²) in [4.78, 5) is 9.37. The Labute approximate surface area is 141 Å². The number of hydrogen-bond donors (Lipinski definition) is 2. The first-order chi connectivity index (χ1) is 10.2. The van der Waals surface area contributed by atoms with E-state index in [9.17, 15) is 0 Å². The molecule has 0 amide bonds. The number of hydrogen-bond acceptors (Lipinski definition) is 6. The van der Waals surface area contributed by atoms with Gasteiger partial charge in [-0.2, -0.15) is 0 Å². The molecule has 22 heavy (non-hydrogen) atoms. The molecule has 0 radical (unpaired) electrons. The van der Waals surface area contributed by atoms with Crippen LogP contribution in [0.25, 0.3) is 0 Å². The third-order valence-electron chi connectivity index (χ3n) is 3.48. The fourth-order valence-electron chi connectivity index (χ4n) is 1.90. The Hall–Kier alpha value is -1.14. The minimum absolute atomic E-state index is 0.0300. The second kappa shape index (κ2) is 6.54. The van der Waals surface area contributed by atoms with Gasteiger partial charge in [-0.05, 0) is 6.92 Å². The molecule has 6 heteroatoms. The van der Waals surface area contributed by atoms with Gasteiger partial charge in [0.2, 0.25) is 0 Å². The van der Waals surface area contributed by atoms with Gasteiger partial charge in [-0.25, -0.2) is 9.97 Å². The summed E-state index contributed by atoms with van der Waals surface area (Å²) in [6.07, 6.45) is 0. The molecule has 0 unspecified atom stereocenters. The van der Waals surface area contributed by atoms with Crippen molar-refractivity contribution in [1.82, 2.24) is 9.97 Å². The second-order valence-electron chi connectivity index (χ2n) is 7.09. The van der Waals surface area contributed by atoms with Crippen LogP contribution in [0.1, 0.15) is 52.9 Å². The van der Waals surface area contributed by atoms with E-state index in [-0.39, 0.29) is 10.8 Å². The predicted octanol–water partition coefficient (Wildman–Crippen LogP) is 4.72. The van der Waals surface area contributed by atoms with Gasteiger partial charge in [0.1, 0.15) is 0 Å². The van der Waals surface area contributed by atoms with Gasteiger partial charge >= 0.3 is 0 Å². The number of nitrogens with one attached hydrogen (secondary N) is 2. The van der Waals surface area contributed by atoms with Crippen LogP contribution >= 0.6 is 22.7 Å². The minimum atomic E-state index is -0.0300. The summed E-state index contributed by atoms with van der Waals surface area (Å²) in [6, 6.07) is 0. The van der Waals surface area contributed by atoms with Gasteiger partial charge in [0.05, 0.1) is 11.4 Å². The van der Waals surface area contributed by atoms with E-state index in [0.717, 1.165) is 34.7 Å². The van der Waals surface area contributed by atoms with Gasteiger partial charge in [-0.3, -0.25) is 0 Å². The van der Waals surface area contributed by atoms with E-state index in [1.54, 1.807) is 22.7 Å². The SMILES string of the molecule is CCNc1nc(C(C)(C)CNc2nc(C(C)(C)C)cs2)cs1. The number of anilines is 2. The first-order valence-electron chi connectivity index (χ1n) is 7.62. The molecular weight excluding hydrogens is 312 g/mol. The molecule has 2 heterocycles. The van der Waals surface area contributed by atoms with Crippen molar-refractivity contribution < 1.29 is 0 Å². The Bertz CT molecular complexity index is 608. The van der Waals surface area contributed by atoms with Crippen LogP contribution in [0.2, 0.25) is 0 Å². The zero-order valence-electron chi connectivity index (χ0n) is 14.3. The highest BCUT2D eigenvalue weighted by atomic mass is 32.1.